The van der Waals surface area contributed by atoms with Crippen molar-refractivity contribution in [2.45, 2.75) is 32.5 Å². The van der Waals surface area contributed by atoms with Crippen molar-refractivity contribution in [2.75, 3.05) is 18.0 Å². The lowest BCUT2D eigenvalue weighted by molar-refractivity contribution is 0.0326. The summed E-state index contributed by atoms with van der Waals surface area (Å²) in [6, 6.07) is 14.9. The average molecular weight is 443 g/mol. The molecule has 0 saturated carbocycles. The molecule has 30 heavy (non-hydrogen) atoms. The van der Waals surface area contributed by atoms with Crippen molar-refractivity contribution >= 4 is 34.6 Å². The van der Waals surface area contributed by atoms with Crippen molar-refractivity contribution in [1.29, 1.82) is 0 Å². The number of rotatable bonds is 6. The number of halogens is 1. The van der Waals surface area contributed by atoms with Gasteiger partial charge in [0.25, 0.3) is 0 Å². The second kappa shape index (κ2) is 9.16. The number of ether oxygens (including phenoxy) is 1. The maximum Gasteiger partial charge on any atom is 0.337 e. The van der Waals surface area contributed by atoms with Gasteiger partial charge in [-0.15, -0.1) is 11.3 Å². The van der Waals surface area contributed by atoms with E-state index in [0.29, 0.717) is 23.7 Å². The molecule has 1 atom stereocenters. The summed E-state index contributed by atoms with van der Waals surface area (Å²) in [7, 11) is 0. The van der Waals surface area contributed by atoms with Gasteiger partial charge in [0.05, 0.1) is 34.5 Å². The van der Waals surface area contributed by atoms with E-state index in [2.05, 4.69) is 9.88 Å². The van der Waals surface area contributed by atoms with Gasteiger partial charge in [-0.3, -0.25) is 0 Å². The molecule has 1 N–H and O–H groups in total. The van der Waals surface area contributed by atoms with Crippen LogP contribution in [0.2, 0.25) is 5.02 Å². The second-order valence-corrected chi connectivity index (χ2v) is 8.90. The number of carbonyl (C=O) groups is 1. The molecule has 1 saturated heterocycles. The number of aryl methyl sites for hydroxylation is 1. The van der Waals surface area contributed by atoms with Gasteiger partial charge in [-0.1, -0.05) is 35.9 Å². The highest BCUT2D eigenvalue weighted by Gasteiger charge is 2.24. The summed E-state index contributed by atoms with van der Waals surface area (Å²) in [5.41, 5.74) is 3.13. The molecule has 4 rings (SSSR count). The molecule has 2 aromatic carbocycles. The molecule has 0 radical (unpaired) electrons. The van der Waals surface area contributed by atoms with Crippen LogP contribution in [0.15, 0.2) is 48.5 Å². The number of thiazole rings is 1. The van der Waals surface area contributed by atoms with Crippen LogP contribution in [-0.4, -0.2) is 35.3 Å². The van der Waals surface area contributed by atoms with Crippen molar-refractivity contribution in [2.24, 2.45) is 0 Å². The number of benzene rings is 2. The van der Waals surface area contributed by atoms with Crippen LogP contribution in [0.5, 0.6) is 0 Å². The van der Waals surface area contributed by atoms with E-state index in [9.17, 15) is 9.90 Å². The van der Waals surface area contributed by atoms with Gasteiger partial charge < -0.3 is 14.7 Å². The van der Waals surface area contributed by atoms with E-state index >= 15 is 0 Å². The third-order valence-electron chi connectivity index (χ3n) is 5.29. The summed E-state index contributed by atoms with van der Waals surface area (Å²) in [5.74, 6) is -0.899. The highest BCUT2D eigenvalue weighted by molar-refractivity contribution is 7.15. The second-order valence-electron chi connectivity index (χ2n) is 7.38. The summed E-state index contributed by atoms with van der Waals surface area (Å²) < 4.78 is 6.23. The van der Waals surface area contributed by atoms with Crippen LogP contribution in [0.3, 0.4) is 0 Å². The van der Waals surface area contributed by atoms with Gasteiger partial charge in [0, 0.05) is 23.7 Å². The minimum Gasteiger partial charge on any atom is -0.478 e. The number of para-hydroxylation sites is 1. The Hall–Kier alpha value is -2.41. The Kier molecular flexibility index (Phi) is 6.37. The number of carboxylic acids is 1. The minimum atomic E-state index is -0.899. The normalized spacial score (nSPS) is 16.6. The number of aromatic nitrogens is 1. The summed E-state index contributed by atoms with van der Waals surface area (Å²) in [6.45, 7) is 4.04. The third-order valence-corrected chi connectivity index (χ3v) is 6.72. The predicted molar refractivity (Wildman–Crippen MR) is 121 cm³/mol. The molecule has 1 unspecified atom stereocenters. The molecule has 5 nitrogen and oxygen atoms in total. The number of piperidine rings is 1. The summed E-state index contributed by atoms with van der Waals surface area (Å²) in [4.78, 5) is 19.5. The molecule has 1 fully saturated rings. The Bertz CT molecular complexity index is 1040. The lowest BCUT2D eigenvalue weighted by atomic mass is 10.1. The first-order chi connectivity index (χ1) is 14.5. The molecule has 1 aliphatic rings. The van der Waals surface area contributed by atoms with Crippen LogP contribution in [0.4, 0.5) is 5.69 Å². The van der Waals surface area contributed by atoms with Gasteiger partial charge in [0.2, 0.25) is 0 Å². The fourth-order valence-electron chi connectivity index (χ4n) is 3.69. The first-order valence-corrected chi connectivity index (χ1v) is 11.1. The van der Waals surface area contributed by atoms with E-state index in [1.54, 1.807) is 23.5 Å². The smallest absolute Gasteiger partial charge is 0.337 e. The van der Waals surface area contributed by atoms with Gasteiger partial charge in [-0.2, -0.15) is 0 Å². The molecular formula is C23H23ClN2O3S. The molecule has 1 aliphatic heterocycles. The van der Waals surface area contributed by atoms with Crippen LogP contribution in [0, 0.1) is 6.92 Å². The first kappa shape index (κ1) is 20.8. The fraction of sp³-hybridized carbons (Fsp3) is 0.304. The Morgan fingerprint density at radius 1 is 1.27 bits per heavy atom. The lowest BCUT2D eigenvalue weighted by Gasteiger charge is -2.35. The first-order valence-electron chi connectivity index (χ1n) is 9.92. The van der Waals surface area contributed by atoms with Crippen molar-refractivity contribution in [3.63, 3.8) is 0 Å². The maximum absolute atomic E-state index is 11.6. The number of aromatic carboxylic acids is 1. The zero-order valence-corrected chi connectivity index (χ0v) is 18.2. The third kappa shape index (κ3) is 4.67. The number of carboxylic acid groups (broad SMARTS) is 1. The zero-order chi connectivity index (χ0) is 21.1. The number of anilines is 1. The quantitative estimate of drug-likeness (QED) is 0.534. The van der Waals surface area contributed by atoms with Crippen LogP contribution in [0.1, 0.15) is 33.8 Å². The minimum absolute atomic E-state index is 0.0566. The van der Waals surface area contributed by atoms with Gasteiger partial charge in [-0.05, 0) is 44.0 Å². The molecule has 0 amide bonds. The van der Waals surface area contributed by atoms with Crippen LogP contribution < -0.4 is 4.90 Å². The zero-order valence-electron chi connectivity index (χ0n) is 16.7. The van der Waals surface area contributed by atoms with E-state index < -0.39 is 5.97 Å². The molecule has 7 heteroatoms. The maximum atomic E-state index is 11.6. The standard InChI is InChI=1S/C23H23ClN2O3S/c1-15-21(30-22(25-15)16-8-10-17(24)11-9-16)14-29-18-5-4-12-26(13-18)20-7-3-2-6-19(20)23(27)28/h2-3,6-11,18H,4-5,12-14H2,1H3,(H,27,28). The van der Waals surface area contributed by atoms with Crippen molar-refractivity contribution in [3.05, 3.63) is 69.7 Å². The monoisotopic (exact) mass is 442 g/mol. The average Bonchev–Trinajstić information content (AvgIpc) is 3.13. The Labute approximate surface area is 184 Å². The number of hydrogen-bond donors (Lipinski definition) is 1. The van der Waals surface area contributed by atoms with Gasteiger partial charge in [0.15, 0.2) is 0 Å². The summed E-state index contributed by atoms with van der Waals surface area (Å²) in [5, 5.41) is 11.2. The van der Waals surface area contributed by atoms with Gasteiger partial charge in [-0.25, -0.2) is 9.78 Å². The lowest BCUT2D eigenvalue weighted by Crippen LogP contribution is -2.40. The Morgan fingerprint density at radius 2 is 2.03 bits per heavy atom. The molecule has 156 valence electrons. The fourth-order valence-corrected chi connectivity index (χ4v) is 4.81. The molecular weight excluding hydrogens is 420 g/mol. The molecule has 0 aliphatic carbocycles. The number of hydrogen-bond acceptors (Lipinski definition) is 5. The molecule has 0 bridgehead atoms. The van der Waals surface area contributed by atoms with E-state index in [1.165, 1.54) is 0 Å². The van der Waals surface area contributed by atoms with Crippen LogP contribution in [-0.2, 0) is 11.3 Å². The van der Waals surface area contributed by atoms with Crippen molar-refractivity contribution < 1.29 is 14.6 Å². The Morgan fingerprint density at radius 3 is 2.80 bits per heavy atom. The SMILES string of the molecule is Cc1nc(-c2ccc(Cl)cc2)sc1COC1CCCN(c2ccccc2C(=O)O)C1. The van der Waals surface area contributed by atoms with E-state index in [-0.39, 0.29) is 6.10 Å². The highest BCUT2D eigenvalue weighted by atomic mass is 35.5. The van der Waals surface area contributed by atoms with Crippen LogP contribution in [0.25, 0.3) is 10.6 Å². The largest absolute Gasteiger partial charge is 0.478 e. The summed E-state index contributed by atoms with van der Waals surface area (Å²) >= 11 is 7.62. The van der Waals surface area contributed by atoms with Crippen LogP contribution >= 0.6 is 22.9 Å². The molecule has 3 aromatic rings. The predicted octanol–water partition coefficient (Wildman–Crippen LogP) is 5.66. The van der Waals surface area contributed by atoms with Gasteiger partial charge in [0.1, 0.15) is 5.01 Å². The van der Waals surface area contributed by atoms with E-state index in [1.807, 2.05) is 43.3 Å². The Balaban J connectivity index is 1.42. The van der Waals surface area contributed by atoms with E-state index in [4.69, 9.17) is 16.3 Å². The van der Waals surface area contributed by atoms with E-state index in [0.717, 1.165) is 46.2 Å². The number of nitrogens with zero attached hydrogens (tertiary/aromatic N) is 2. The molecule has 1 aromatic heterocycles. The highest BCUT2D eigenvalue weighted by Crippen LogP contribution is 2.30. The summed E-state index contributed by atoms with van der Waals surface area (Å²) in [6.07, 6.45) is 1.99. The molecule has 0 spiro atoms. The topological polar surface area (TPSA) is 62.7 Å². The van der Waals surface area contributed by atoms with Gasteiger partial charge >= 0.3 is 5.97 Å². The molecule has 2 heterocycles. The van der Waals surface area contributed by atoms with Crippen molar-refractivity contribution in [1.82, 2.24) is 4.98 Å². The van der Waals surface area contributed by atoms with Crippen molar-refractivity contribution in [3.8, 4) is 10.6 Å².